The van der Waals surface area contributed by atoms with Crippen molar-refractivity contribution in [1.29, 1.82) is 0 Å². The fourth-order valence-electron chi connectivity index (χ4n) is 2.14. The number of piperidine rings is 1. The van der Waals surface area contributed by atoms with Crippen molar-refractivity contribution in [2.45, 2.75) is 44.7 Å². The Morgan fingerprint density at radius 3 is 2.82 bits per heavy atom. The largest absolute Gasteiger partial charge is 0.371 e. The molecule has 0 aromatic heterocycles. The molecule has 1 saturated heterocycles. The van der Waals surface area contributed by atoms with Gasteiger partial charge in [-0.05, 0) is 45.1 Å². The van der Waals surface area contributed by atoms with Gasteiger partial charge >= 0.3 is 0 Å². The van der Waals surface area contributed by atoms with Gasteiger partial charge in [-0.2, -0.15) is 0 Å². The van der Waals surface area contributed by atoms with Crippen LogP contribution in [0.1, 0.15) is 32.6 Å². The van der Waals surface area contributed by atoms with Crippen LogP contribution in [-0.4, -0.2) is 37.7 Å². The maximum Gasteiger partial charge on any atom is 0.246 e. The van der Waals surface area contributed by atoms with Crippen LogP contribution in [0.15, 0.2) is 0 Å². The van der Waals surface area contributed by atoms with Crippen molar-refractivity contribution >= 4 is 18.3 Å². The van der Waals surface area contributed by atoms with Gasteiger partial charge in [0.25, 0.3) is 0 Å². The summed E-state index contributed by atoms with van der Waals surface area (Å²) < 4.78 is 5.36. The molecule has 0 spiro atoms. The van der Waals surface area contributed by atoms with Crippen molar-refractivity contribution < 1.29 is 9.53 Å². The predicted octanol–water partition coefficient (Wildman–Crippen LogP) is 1.09. The molecule has 2 fully saturated rings. The van der Waals surface area contributed by atoms with Crippen LogP contribution in [-0.2, 0) is 9.53 Å². The SMILES string of the molecule is CC1CC(NC(=O)COCC2CC2)CCN1.Cl. The van der Waals surface area contributed by atoms with Gasteiger partial charge in [-0.15, -0.1) is 12.4 Å². The van der Waals surface area contributed by atoms with E-state index in [0.29, 0.717) is 12.1 Å². The Morgan fingerprint density at radius 1 is 1.41 bits per heavy atom. The lowest BCUT2D eigenvalue weighted by Crippen LogP contribution is -2.47. The number of halogens is 1. The highest BCUT2D eigenvalue weighted by atomic mass is 35.5. The number of amides is 1. The first-order valence-corrected chi connectivity index (χ1v) is 6.34. The molecule has 100 valence electrons. The molecule has 2 N–H and O–H groups in total. The molecule has 5 heteroatoms. The van der Waals surface area contributed by atoms with Gasteiger partial charge in [-0.3, -0.25) is 4.79 Å². The molecule has 0 radical (unpaired) electrons. The summed E-state index contributed by atoms with van der Waals surface area (Å²) in [6, 6.07) is 0.833. The zero-order valence-corrected chi connectivity index (χ0v) is 11.2. The molecular weight excluding hydrogens is 240 g/mol. The monoisotopic (exact) mass is 262 g/mol. The average molecular weight is 263 g/mol. The topological polar surface area (TPSA) is 50.4 Å². The number of nitrogens with one attached hydrogen (secondary N) is 2. The number of ether oxygens (including phenoxy) is 1. The highest BCUT2D eigenvalue weighted by Crippen LogP contribution is 2.28. The molecule has 0 aromatic rings. The standard InChI is InChI=1S/C12H22N2O2.ClH/c1-9-6-11(4-5-13-9)14-12(15)8-16-7-10-2-3-10;/h9-11,13H,2-8H2,1H3,(H,14,15);1H. The van der Waals surface area contributed by atoms with E-state index in [0.717, 1.165) is 31.9 Å². The van der Waals surface area contributed by atoms with Crippen molar-refractivity contribution in [3.63, 3.8) is 0 Å². The molecule has 1 heterocycles. The second-order valence-corrected chi connectivity index (χ2v) is 5.10. The molecule has 0 bridgehead atoms. The Morgan fingerprint density at radius 2 is 2.18 bits per heavy atom. The molecule has 2 atom stereocenters. The zero-order chi connectivity index (χ0) is 11.4. The Labute approximate surface area is 109 Å². The van der Waals surface area contributed by atoms with Gasteiger partial charge in [-0.1, -0.05) is 0 Å². The molecule has 4 nitrogen and oxygen atoms in total. The smallest absolute Gasteiger partial charge is 0.246 e. The summed E-state index contributed by atoms with van der Waals surface area (Å²) in [7, 11) is 0. The molecule has 1 aliphatic carbocycles. The van der Waals surface area contributed by atoms with E-state index in [-0.39, 0.29) is 24.9 Å². The molecule has 17 heavy (non-hydrogen) atoms. The Balaban J connectivity index is 0.00000144. The van der Waals surface area contributed by atoms with Crippen LogP contribution in [0.4, 0.5) is 0 Å². The van der Waals surface area contributed by atoms with Crippen LogP contribution in [0.3, 0.4) is 0 Å². The minimum absolute atomic E-state index is 0. The van der Waals surface area contributed by atoms with E-state index in [1.807, 2.05) is 0 Å². The molecule has 1 aliphatic heterocycles. The summed E-state index contributed by atoms with van der Waals surface area (Å²) in [4.78, 5) is 11.6. The molecule has 1 saturated carbocycles. The van der Waals surface area contributed by atoms with Crippen LogP contribution in [0.25, 0.3) is 0 Å². The van der Waals surface area contributed by atoms with Gasteiger partial charge in [0, 0.05) is 12.1 Å². The average Bonchev–Trinajstić information content (AvgIpc) is 3.01. The summed E-state index contributed by atoms with van der Waals surface area (Å²) >= 11 is 0. The van der Waals surface area contributed by atoms with Crippen LogP contribution in [0, 0.1) is 5.92 Å². The van der Waals surface area contributed by atoms with Crippen LogP contribution in [0.5, 0.6) is 0 Å². The van der Waals surface area contributed by atoms with Gasteiger partial charge in [0.2, 0.25) is 5.91 Å². The van der Waals surface area contributed by atoms with Gasteiger partial charge in [0.1, 0.15) is 6.61 Å². The van der Waals surface area contributed by atoms with E-state index in [1.165, 1.54) is 12.8 Å². The highest BCUT2D eigenvalue weighted by molar-refractivity contribution is 5.85. The maximum absolute atomic E-state index is 11.6. The van der Waals surface area contributed by atoms with E-state index in [1.54, 1.807) is 0 Å². The molecule has 2 rings (SSSR count). The lowest BCUT2D eigenvalue weighted by atomic mass is 10.0. The maximum atomic E-state index is 11.6. The number of carbonyl (C=O) groups excluding carboxylic acids is 1. The van der Waals surface area contributed by atoms with Crippen molar-refractivity contribution in [1.82, 2.24) is 10.6 Å². The van der Waals surface area contributed by atoms with Gasteiger partial charge < -0.3 is 15.4 Å². The van der Waals surface area contributed by atoms with E-state index in [2.05, 4.69) is 17.6 Å². The minimum Gasteiger partial charge on any atom is -0.371 e. The molecule has 1 amide bonds. The predicted molar refractivity (Wildman–Crippen MR) is 69.4 cm³/mol. The number of hydrogen-bond donors (Lipinski definition) is 2. The van der Waals surface area contributed by atoms with Crippen molar-refractivity contribution in [3.8, 4) is 0 Å². The highest BCUT2D eigenvalue weighted by Gasteiger charge is 2.22. The number of rotatable bonds is 5. The first-order chi connectivity index (χ1) is 7.74. The van der Waals surface area contributed by atoms with Gasteiger partial charge in [0.15, 0.2) is 0 Å². The second kappa shape index (κ2) is 7.19. The molecular formula is C12H23ClN2O2. The summed E-state index contributed by atoms with van der Waals surface area (Å²) in [6.07, 6.45) is 4.59. The van der Waals surface area contributed by atoms with Crippen molar-refractivity contribution in [2.24, 2.45) is 5.92 Å². The summed E-state index contributed by atoms with van der Waals surface area (Å²) in [5.41, 5.74) is 0. The first kappa shape index (κ1) is 14.7. The third-order valence-electron chi connectivity index (χ3n) is 3.27. The Bertz CT molecular complexity index is 247. The minimum atomic E-state index is 0. The first-order valence-electron chi connectivity index (χ1n) is 6.34. The van der Waals surface area contributed by atoms with E-state index < -0.39 is 0 Å². The molecule has 2 aliphatic rings. The molecule has 0 aromatic carbocycles. The lowest BCUT2D eigenvalue weighted by Gasteiger charge is -2.28. The van der Waals surface area contributed by atoms with Gasteiger partial charge in [-0.25, -0.2) is 0 Å². The second-order valence-electron chi connectivity index (χ2n) is 5.10. The zero-order valence-electron chi connectivity index (χ0n) is 10.4. The third kappa shape index (κ3) is 5.70. The Hall–Kier alpha value is -0.320. The van der Waals surface area contributed by atoms with Crippen LogP contribution >= 0.6 is 12.4 Å². The normalized spacial score (nSPS) is 28.3. The number of carbonyl (C=O) groups is 1. The van der Waals surface area contributed by atoms with Crippen molar-refractivity contribution in [3.05, 3.63) is 0 Å². The number of hydrogen-bond acceptors (Lipinski definition) is 3. The van der Waals surface area contributed by atoms with E-state index in [9.17, 15) is 4.79 Å². The fraction of sp³-hybridized carbons (Fsp3) is 0.917. The molecule has 2 unspecified atom stereocenters. The van der Waals surface area contributed by atoms with Crippen LogP contribution < -0.4 is 10.6 Å². The third-order valence-corrected chi connectivity index (χ3v) is 3.27. The Kier molecular flexibility index (Phi) is 6.23. The van der Waals surface area contributed by atoms with Crippen LogP contribution in [0.2, 0.25) is 0 Å². The summed E-state index contributed by atoms with van der Waals surface area (Å²) in [6.45, 7) is 4.14. The summed E-state index contributed by atoms with van der Waals surface area (Å²) in [5, 5.41) is 6.41. The van der Waals surface area contributed by atoms with E-state index in [4.69, 9.17) is 4.74 Å². The van der Waals surface area contributed by atoms with Crippen molar-refractivity contribution in [2.75, 3.05) is 19.8 Å². The van der Waals surface area contributed by atoms with E-state index >= 15 is 0 Å². The lowest BCUT2D eigenvalue weighted by molar-refractivity contribution is -0.126. The summed E-state index contributed by atoms with van der Waals surface area (Å²) in [5.74, 6) is 0.770. The quantitative estimate of drug-likeness (QED) is 0.780. The fourth-order valence-corrected chi connectivity index (χ4v) is 2.14. The van der Waals surface area contributed by atoms with Gasteiger partial charge in [0.05, 0.1) is 6.61 Å².